The first-order chi connectivity index (χ1) is 11.5. The van der Waals surface area contributed by atoms with E-state index in [4.69, 9.17) is 4.74 Å². The van der Waals surface area contributed by atoms with Gasteiger partial charge in [0.15, 0.2) is 0 Å². The molecule has 0 bridgehead atoms. The van der Waals surface area contributed by atoms with E-state index < -0.39 is 0 Å². The van der Waals surface area contributed by atoms with Crippen molar-refractivity contribution in [1.29, 1.82) is 0 Å². The number of aromatic nitrogens is 1. The zero-order chi connectivity index (χ0) is 16.9. The van der Waals surface area contributed by atoms with Crippen LogP contribution in [0.2, 0.25) is 0 Å². The van der Waals surface area contributed by atoms with E-state index in [0.717, 1.165) is 44.6 Å². The fourth-order valence-corrected chi connectivity index (χ4v) is 4.85. The summed E-state index contributed by atoms with van der Waals surface area (Å²) in [7, 11) is 1.93. The Morgan fingerprint density at radius 1 is 1.25 bits per heavy atom. The Labute approximate surface area is 142 Å². The van der Waals surface area contributed by atoms with Crippen molar-refractivity contribution in [1.82, 2.24) is 14.4 Å². The summed E-state index contributed by atoms with van der Waals surface area (Å²) in [6.07, 6.45) is 5.70. The number of carbonyl (C=O) groups is 2. The molecule has 3 saturated heterocycles. The molecular weight excluding hydrogens is 306 g/mol. The highest BCUT2D eigenvalue weighted by Gasteiger charge is 2.56. The molecule has 0 N–H and O–H groups in total. The summed E-state index contributed by atoms with van der Waals surface area (Å²) >= 11 is 0. The maximum absolute atomic E-state index is 12.6. The van der Waals surface area contributed by atoms with Gasteiger partial charge < -0.3 is 19.1 Å². The number of rotatable bonds is 1. The molecule has 2 amide bonds. The molecule has 24 heavy (non-hydrogen) atoms. The summed E-state index contributed by atoms with van der Waals surface area (Å²) in [5.41, 5.74) is 0.882. The maximum Gasteiger partial charge on any atom is 0.255 e. The number of likely N-dealkylation sites (tertiary alicyclic amines) is 2. The van der Waals surface area contributed by atoms with Gasteiger partial charge in [-0.2, -0.15) is 0 Å². The van der Waals surface area contributed by atoms with Gasteiger partial charge in [0, 0.05) is 51.9 Å². The summed E-state index contributed by atoms with van der Waals surface area (Å²) in [5, 5.41) is 0. The first-order valence-corrected chi connectivity index (χ1v) is 8.76. The normalized spacial score (nSPS) is 28.4. The Morgan fingerprint density at radius 2 is 2.00 bits per heavy atom. The Morgan fingerprint density at radius 3 is 2.62 bits per heavy atom. The highest BCUT2D eigenvalue weighted by molar-refractivity contribution is 5.94. The zero-order valence-electron chi connectivity index (χ0n) is 14.4. The van der Waals surface area contributed by atoms with Gasteiger partial charge in [-0.05, 0) is 24.3 Å². The number of aryl methyl sites for hydroxylation is 1. The summed E-state index contributed by atoms with van der Waals surface area (Å²) in [5.74, 6) is 0.691. The monoisotopic (exact) mass is 331 g/mol. The van der Waals surface area contributed by atoms with Crippen LogP contribution < -0.4 is 0 Å². The van der Waals surface area contributed by atoms with E-state index in [0.29, 0.717) is 12.5 Å². The van der Waals surface area contributed by atoms with E-state index in [1.807, 2.05) is 39.9 Å². The average molecular weight is 331 g/mol. The molecule has 3 aliphatic heterocycles. The lowest BCUT2D eigenvalue weighted by molar-refractivity contribution is -0.130. The van der Waals surface area contributed by atoms with Crippen LogP contribution in [0.3, 0.4) is 0 Å². The first-order valence-electron chi connectivity index (χ1n) is 8.76. The molecular formula is C18H25N3O3. The second-order valence-corrected chi connectivity index (χ2v) is 7.58. The molecule has 130 valence electrons. The van der Waals surface area contributed by atoms with Crippen molar-refractivity contribution in [3.05, 3.63) is 24.0 Å². The van der Waals surface area contributed by atoms with Gasteiger partial charge in [0.2, 0.25) is 5.91 Å². The lowest BCUT2D eigenvalue weighted by Crippen LogP contribution is -2.47. The number of hydrogen-bond donors (Lipinski definition) is 0. The summed E-state index contributed by atoms with van der Waals surface area (Å²) in [4.78, 5) is 28.6. The number of amides is 2. The molecule has 0 aliphatic carbocycles. The van der Waals surface area contributed by atoms with E-state index in [9.17, 15) is 9.59 Å². The third-order valence-electron chi connectivity index (χ3n) is 6.25. The third-order valence-corrected chi connectivity index (χ3v) is 6.25. The van der Waals surface area contributed by atoms with E-state index in [1.165, 1.54) is 0 Å². The lowest BCUT2D eigenvalue weighted by Gasteiger charge is -2.42. The van der Waals surface area contributed by atoms with E-state index in [-0.39, 0.29) is 23.3 Å². The average Bonchev–Trinajstić information content (AvgIpc) is 3.26. The fourth-order valence-electron chi connectivity index (χ4n) is 4.85. The number of ether oxygens (including phenoxy) is 1. The molecule has 3 fully saturated rings. The minimum Gasteiger partial charge on any atom is -0.379 e. The van der Waals surface area contributed by atoms with Crippen molar-refractivity contribution in [2.24, 2.45) is 18.4 Å². The number of piperidine rings is 1. The smallest absolute Gasteiger partial charge is 0.255 e. The van der Waals surface area contributed by atoms with E-state index in [1.54, 1.807) is 6.92 Å². The van der Waals surface area contributed by atoms with E-state index >= 15 is 0 Å². The molecule has 6 nitrogen and oxygen atoms in total. The topological polar surface area (TPSA) is 54.8 Å². The molecule has 6 heteroatoms. The van der Waals surface area contributed by atoms with Crippen molar-refractivity contribution >= 4 is 11.8 Å². The molecule has 0 aromatic carbocycles. The first kappa shape index (κ1) is 15.7. The van der Waals surface area contributed by atoms with Crippen LogP contribution in [0.4, 0.5) is 0 Å². The van der Waals surface area contributed by atoms with Crippen molar-refractivity contribution < 1.29 is 14.3 Å². The Bertz CT molecular complexity index is 660. The molecule has 0 saturated carbocycles. The summed E-state index contributed by atoms with van der Waals surface area (Å²) in [6, 6.07) is 2.11. The molecule has 3 aliphatic rings. The van der Waals surface area contributed by atoms with Gasteiger partial charge in [-0.1, -0.05) is 0 Å². The number of hydrogen-bond acceptors (Lipinski definition) is 3. The van der Waals surface area contributed by atoms with Crippen LogP contribution in [-0.2, 0) is 16.6 Å². The van der Waals surface area contributed by atoms with Crippen LogP contribution in [0.1, 0.15) is 30.1 Å². The second kappa shape index (κ2) is 5.62. The van der Waals surface area contributed by atoms with Gasteiger partial charge in [-0.25, -0.2) is 0 Å². The molecule has 1 aromatic rings. The van der Waals surface area contributed by atoms with Gasteiger partial charge in [-0.3, -0.25) is 9.59 Å². The number of nitrogens with zero attached hydrogens (tertiary/aromatic N) is 3. The minimum atomic E-state index is 0.117. The van der Waals surface area contributed by atoms with Gasteiger partial charge >= 0.3 is 0 Å². The highest BCUT2D eigenvalue weighted by Crippen LogP contribution is 2.50. The Kier molecular flexibility index (Phi) is 3.67. The standard InChI is InChI=1S/C18H25N3O3/c1-13(22)21-12-18(15-10-24-11-16(15)21)4-7-20(8-5-18)17(23)14-3-6-19(2)9-14/h3,6,9,15-16H,4-5,7-8,10-12H2,1-2H3/t15-,16+/m0/s1. The summed E-state index contributed by atoms with van der Waals surface area (Å²) in [6.45, 7) is 5.43. The van der Waals surface area contributed by atoms with Crippen LogP contribution in [-0.4, -0.2) is 65.1 Å². The van der Waals surface area contributed by atoms with Crippen molar-refractivity contribution in [2.45, 2.75) is 25.8 Å². The molecule has 0 unspecified atom stereocenters. The van der Waals surface area contributed by atoms with Gasteiger partial charge in [0.25, 0.3) is 5.91 Å². The van der Waals surface area contributed by atoms with Crippen LogP contribution in [0.15, 0.2) is 18.5 Å². The molecule has 2 atom stereocenters. The third kappa shape index (κ3) is 2.35. The predicted octanol–water partition coefficient (Wildman–Crippen LogP) is 1.12. The maximum atomic E-state index is 12.6. The second-order valence-electron chi connectivity index (χ2n) is 7.58. The van der Waals surface area contributed by atoms with Gasteiger partial charge in [-0.15, -0.1) is 0 Å². The van der Waals surface area contributed by atoms with Crippen LogP contribution in [0, 0.1) is 11.3 Å². The SMILES string of the molecule is CC(=O)N1CC2(CCN(C(=O)c3ccn(C)c3)CC2)[C@H]2COC[C@H]21. The van der Waals surface area contributed by atoms with E-state index in [2.05, 4.69) is 0 Å². The Balaban J connectivity index is 1.47. The fraction of sp³-hybridized carbons (Fsp3) is 0.667. The lowest BCUT2D eigenvalue weighted by atomic mass is 9.70. The van der Waals surface area contributed by atoms with Gasteiger partial charge in [0.05, 0.1) is 24.8 Å². The number of fused-ring (bicyclic) bond motifs is 2. The predicted molar refractivity (Wildman–Crippen MR) is 88.5 cm³/mol. The zero-order valence-corrected chi connectivity index (χ0v) is 14.4. The molecule has 0 radical (unpaired) electrons. The number of carbonyl (C=O) groups excluding carboxylic acids is 2. The Hall–Kier alpha value is -1.82. The van der Waals surface area contributed by atoms with Gasteiger partial charge in [0.1, 0.15) is 0 Å². The van der Waals surface area contributed by atoms with Crippen molar-refractivity contribution in [3.63, 3.8) is 0 Å². The highest BCUT2D eigenvalue weighted by atomic mass is 16.5. The minimum absolute atomic E-state index is 0.117. The van der Waals surface area contributed by atoms with Crippen LogP contribution >= 0.6 is 0 Å². The quantitative estimate of drug-likeness (QED) is 0.775. The molecule has 1 spiro atoms. The molecule has 4 heterocycles. The molecule has 1 aromatic heterocycles. The van der Waals surface area contributed by atoms with Crippen LogP contribution in [0.25, 0.3) is 0 Å². The van der Waals surface area contributed by atoms with Crippen molar-refractivity contribution in [2.75, 3.05) is 32.8 Å². The van der Waals surface area contributed by atoms with Crippen LogP contribution in [0.5, 0.6) is 0 Å². The largest absolute Gasteiger partial charge is 0.379 e. The molecule has 4 rings (SSSR count). The summed E-state index contributed by atoms with van der Waals surface area (Å²) < 4.78 is 7.59. The van der Waals surface area contributed by atoms with Crippen molar-refractivity contribution in [3.8, 4) is 0 Å².